The number of nitrogens with zero attached hydrogens (tertiary/aromatic N) is 2. The molecule has 1 atom stereocenters. The van der Waals surface area contributed by atoms with Crippen molar-refractivity contribution < 1.29 is 19.5 Å². The van der Waals surface area contributed by atoms with Gasteiger partial charge in [0.1, 0.15) is 5.60 Å². The maximum atomic E-state index is 12.5. The molecule has 1 aromatic rings. The van der Waals surface area contributed by atoms with Crippen LogP contribution in [0.4, 0.5) is 16.2 Å². The molecule has 1 aliphatic heterocycles. The Morgan fingerprint density at radius 3 is 2.66 bits per heavy atom. The van der Waals surface area contributed by atoms with Gasteiger partial charge in [0.15, 0.2) is 0 Å². The van der Waals surface area contributed by atoms with Crippen LogP contribution in [-0.4, -0.2) is 53.1 Å². The minimum Gasteiger partial charge on any atom is -0.444 e. The van der Waals surface area contributed by atoms with Crippen LogP contribution in [0.15, 0.2) is 77.4 Å². The van der Waals surface area contributed by atoms with E-state index in [0.29, 0.717) is 13.1 Å². The molecule has 1 aliphatic rings. The summed E-state index contributed by atoms with van der Waals surface area (Å²) in [5.41, 5.74) is 3.47. The second kappa shape index (κ2) is 13.9. The molecule has 1 saturated heterocycles. The SMILES string of the molecule is C\C=C/C=C(\C=C\C=Nc1ccccc1NC1CCCN(C(=O)OC(C)(C)C)C1)/C=C/C(=O)NO. The van der Waals surface area contributed by atoms with Gasteiger partial charge in [0, 0.05) is 31.4 Å². The maximum Gasteiger partial charge on any atom is 0.410 e. The number of carbonyl (C=O) groups excluding carboxylic acids is 2. The molecular formula is C27H36N4O4. The van der Waals surface area contributed by atoms with Crippen molar-refractivity contribution >= 4 is 29.6 Å². The fourth-order valence-corrected chi connectivity index (χ4v) is 3.38. The molecule has 0 aromatic heterocycles. The van der Waals surface area contributed by atoms with Crippen molar-refractivity contribution in [2.45, 2.75) is 52.2 Å². The molecule has 0 bridgehead atoms. The smallest absolute Gasteiger partial charge is 0.410 e. The predicted molar refractivity (Wildman–Crippen MR) is 140 cm³/mol. The van der Waals surface area contributed by atoms with Gasteiger partial charge in [0.05, 0.1) is 11.4 Å². The molecule has 2 amide bonds. The van der Waals surface area contributed by atoms with Crippen LogP contribution in [0.1, 0.15) is 40.5 Å². The Hall–Kier alpha value is -3.65. The Morgan fingerprint density at radius 1 is 1.17 bits per heavy atom. The third-order valence-electron chi connectivity index (χ3n) is 4.94. The highest BCUT2D eigenvalue weighted by Crippen LogP contribution is 2.27. The molecule has 188 valence electrons. The number of benzene rings is 1. The number of hydrogen-bond acceptors (Lipinski definition) is 6. The van der Waals surface area contributed by atoms with E-state index in [1.54, 1.807) is 34.8 Å². The summed E-state index contributed by atoms with van der Waals surface area (Å²) < 4.78 is 5.53. The fraction of sp³-hybridized carbons (Fsp3) is 0.370. The molecule has 0 aliphatic carbocycles. The average molecular weight is 481 g/mol. The number of nitrogens with one attached hydrogen (secondary N) is 2. The predicted octanol–water partition coefficient (Wildman–Crippen LogP) is 5.32. The third kappa shape index (κ3) is 10.4. The van der Waals surface area contributed by atoms with Gasteiger partial charge in [-0.25, -0.2) is 10.3 Å². The number of anilines is 1. The molecular weight excluding hydrogens is 444 g/mol. The largest absolute Gasteiger partial charge is 0.444 e. The van der Waals surface area contributed by atoms with Crippen molar-refractivity contribution in [2.24, 2.45) is 4.99 Å². The molecule has 8 nitrogen and oxygen atoms in total. The lowest BCUT2D eigenvalue weighted by atomic mass is 10.1. The number of para-hydroxylation sites is 2. The quantitative estimate of drug-likeness (QED) is 0.154. The number of hydrogen-bond donors (Lipinski definition) is 3. The first-order valence-corrected chi connectivity index (χ1v) is 11.7. The number of ether oxygens (including phenoxy) is 1. The van der Waals surface area contributed by atoms with Crippen molar-refractivity contribution in [3.8, 4) is 0 Å². The van der Waals surface area contributed by atoms with Crippen LogP contribution in [0, 0.1) is 0 Å². The van der Waals surface area contributed by atoms with Crippen LogP contribution in [-0.2, 0) is 9.53 Å². The molecule has 35 heavy (non-hydrogen) atoms. The van der Waals surface area contributed by atoms with Crippen LogP contribution >= 0.6 is 0 Å². The van der Waals surface area contributed by atoms with Crippen molar-refractivity contribution in [2.75, 3.05) is 18.4 Å². The molecule has 8 heteroatoms. The van der Waals surface area contributed by atoms with E-state index in [1.807, 2.05) is 70.2 Å². The first-order chi connectivity index (χ1) is 16.7. The zero-order valence-electron chi connectivity index (χ0n) is 20.9. The van der Waals surface area contributed by atoms with Crippen molar-refractivity contribution in [1.82, 2.24) is 10.4 Å². The van der Waals surface area contributed by atoms with E-state index in [4.69, 9.17) is 9.94 Å². The van der Waals surface area contributed by atoms with Crippen LogP contribution < -0.4 is 10.8 Å². The van der Waals surface area contributed by atoms with E-state index in [9.17, 15) is 9.59 Å². The van der Waals surface area contributed by atoms with Gasteiger partial charge in [-0.15, -0.1) is 0 Å². The zero-order valence-corrected chi connectivity index (χ0v) is 20.9. The number of likely N-dealkylation sites (tertiary alicyclic amines) is 1. The number of hydroxylamine groups is 1. The zero-order chi connectivity index (χ0) is 25.7. The standard InChI is InChI=1S/C27H36N4O4/c1-5-6-11-21(16-17-25(32)30-34)12-9-18-28-23-14-7-8-15-24(23)29-22-13-10-19-31(20-22)26(33)35-27(2,3)4/h5-9,11-12,14-18,22,29,34H,10,13,19-20H2,1-4H3,(H,30,32)/b6-5-,12-9+,17-16+,21-11+,28-18?. The highest BCUT2D eigenvalue weighted by Gasteiger charge is 2.27. The lowest BCUT2D eigenvalue weighted by molar-refractivity contribution is -0.124. The number of rotatable bonds is 8. The summed E-state index contributed by atoms with van der Waals surface area (Å²) in [5, 5.41) is 12.2. The number of carbonyl (C=O) groups is 2. The molecule has 3 N–H and O–H groups in total. The third-order valence-corrected chi connectivity index (χ3v) is 4.94. The van der Waals surface area contributed by atoms with E-state index in [-0.39, 0.29) is 12.1 Å². The first kappa shape index (κ1) is 27.6. The highest BCUT2D eigenvalue weighted by molar-refractivity contribution is 5.87. The number of aliphatic imine (C=N–C) groups is 1. The van der Waals surface area contributed by atoms with Gasteiger partial charge in [-0.3, -0.25) is 15.0 Å². The van der Waals surface area contributed by atoms with E-state index in [1.165, 1.54) is 6.08 Å². The van der Waals surface area contributed by atoms with Crippen LogP contribution in [0.25, 0.3) is 0 Å². The molecule has 1 unspecified atom stereocenters. The van der Waals surface area contributed by atoms with Gasteiger partial charge >= 0.3 is 6.09 Å². The summed E-state index contributed by atoms with van der Waals surface area (Å²) >= 11 is 0. The second-order valence-corrected chi connectivity index (χ2v) is 9.07. The Morgan fingerprint density at radius 2 is 1.94 bits per heavy atom. The Labute approximate surface area is 207 Å². The van der Waals surface area contributed by atoms with E-state index in [0.717, 1.165) is 29.8 Å². The Balaban J connectivity index is 2.06. The van der Waals surface area contributed by atoms with Gasteiger partial charge in [0.25, 0.3) is 5.91 Å². The van der Waals surface area contributed by atoms with E-state index >= 15 is 0 Å². The van der Waals surface area contributed by atoms with Gasteiger partial charge in [-0.05, 0) is 70.4 Å². The van der Waals surface area contributed by atoms with Crippen molar-refractivity contribution in [3.63, 3.8) is 0 Å². The van der Waals surface area contributed by atoms with Crippen LogP contribution in [0.3, 0.4) is 0 Å². The van der Waals surface area contributed by atoms with Gasteiger partial charge in [-0.1, -0.05) is 36.4 Å². The summed E-state index contributed by atoms with van der Waals surface area (Å²) in [6, 6.07) is 7.85. The summed E-state index contributed by atoms with van der Waals surface area (Å²) in [4.78, 5) is 30.0. The van der Waals surface area contributed by atoms with Crippen LogP contribution in [0.5, 0.6) is 0 Å². The number of amides is 2. The van der Waals surface area contributed by atoms with Crippen molar-refractivity contribution in [3.05, 3.63) is 72.4 Å². The summed E-state index contributed by atoms with van der Waals surface area (Å²) in [6.45, 7) is 8.76. The van der Waals surface area contributed by atoms with E-state index in [2.05, 4.69) is 10.3 Å². The fourth-order valence-electron chi connectivity index (χ4n) is 3.38. The summed E-state index contributed by atoms with van der Waals surface area (Å²) in [5.74, 6) is -0.605. The normalized spacial score (nSPS) is 17.6. The molecule has 0 radical (unpaired) electrons. The summed E-state index contributed by atoms with van der Waals surface area (Å²) in [7, 11) is 0. The molecule has 0 saturated carbocycles. The highest BCUT2D eigenvalue weighted by atomic mass is 16.6. The molecule has 1 aromatic carbocycles. The molecule has 1 heterocycles. The lowest BCUT2D eigenvalue weighted by Crippen LogP contribution is -2.46. The topological polar surface area (TPSA) is 103 Å². The Kier molecular flexibility index (Phi) is 11.0. The molecule has 2 rings (SSSR count). The average Bonchev–Trinajstić information content (AvgIpc) is 2.82. The van der Waals surface area contributed by atoms with E-state index < -0.39 is 11.5 Å². The maximum absolute atomic E-state index is 12.5. The van der Waals surface area contributed by atoms with Gasteiger partial charge in [0.2, 0.25) is 0 Å². The molecule has 0 spiro atoms. The second-order valence-electron chi connectivity index (χ2n) is 9.07. The number of piperidine rings is 1. The minimum absolute atomic E-state index is 0.0985. The minimum atomic E-state index is -0.605. The monoisotopic (exact) mass is 480 g/mol. The Bertz CT molecular complexity index is 1000. The van der Waals surface area contributed by atoms with Gasteiger partial charge in [-0.2, -0.15) is 0 Å². The molecule has 1 fully saturated rings. The lowest BCUT2D eigenvalue weighted by Gasteiger charge is -2.35. The summed E-state index contributed by atoms with van der Waals surface area (Å²) in [6.07, 6.45) is 15.2. The first-order valence-electron chi connectivity index (χ1n) is 11.7. The van der Waals surface area contributed by atoms with Gasteiger partial charge < -0.3 is 15.0 Å². The van der Waals surface area contributed by atoms with Crippen molar-refractivity contribution in [1.29, 1.82) is 0 Å². The van der Waals surface area contributed by atoms with Crippen LogP contribution in [0.2, 0.25) is 0 Å². The number of allylic oxidation sites excluding steroid dienone is 7.